The van der Waals surface area contributed by atoms with E-state index < -0.39 is 0 Å². The predicted molar refractivity (Wildman–Crippen MR) is 99.0 cm³/mol. The highest BCUT2D eigenvalue weighted by Crippen LogP contribution is 2.32. The van der Waals surface area contributed by atoms with Gasteiger partial charge in [-0.2, -0.15) is 0 Å². The summed E-state index contributed by atoms with van der Waals surface area (Å²) in [6.45, 7) is 1.67. The van der Waals surface area contributed by atoms with Crippen LogP contribution in [0.25, 0.3) is 17.1 Å². The van der Waals surface area contributed by atoms with Gasteiger partial charge < -0.3 is 19.4 Å². The van der Waals surface area contributed by atoms with Gasteiger partial charge in [0.2, 0.25) is 12.7 Å². The van der Waals surface area contributed by atoms with Crippen LogP contribution in [0.1, 0.15) is 12.0 Å². The fourth-order valence-electron chi connectivity index (χ4n) is 2.91. The number of fused-ring (bicyclic) bond motifs is 2. The normalized spacial score (nSPS) is 12.8. The highest BCUT2D eigenvalue weighted by Gasteiger charge is 2.12. The number of ether oxygens (including phenoxy) is 2. The maximum Gasteiger partial charge on any atom is 0.244 e. The molecule has 26 heavy (non-hydrogen) atoms. The number of nitrogens with zero attached hydrogens (tertiary/aromatic N) is 2. The van der Waals surface area contributed by atoms with Gasteiger partial charge in [0.15, 0.2) is 11.5 Å². The van der Waals surface area contributed by atoms with Crippen LogP contribution in [0.4, 0.5) is 0 Å². The van der Waals surface area contributed by atoms with Gasteiger partial charge in [0, 0.05) is 36.9 Å². The second-order valence-electron chi connectivity index (χ2n) is 6.02. The lowest BCUT2D eigenvalue weighted by Gasteiger charge is -2.05. The summed E-state index contributed by atoms with van der Waals surface area (Å²) < 4.78 is 12.7. The number of pyridine rings is 1. The molecule has 0 saturated carbocycles. The van der Waals surface area contributed by atoms with Crippen molar-refractivity contribution in [1.82, 2.24) is 14.9 Å². The van der Waals surface area contributed by atoms with Crippen molar-refractivity contribution in [3.63, 3.8) is 0 Å². The maximum absolute atomic E-state index is 12.0. The lowest BCUT2D eigenvalue weighted by atomic mass is 10.2. The van der Waals surface area contributed by atoms with E-state index >= 15 is 0 Å². The number of hydrogen-bond donors (Lipinski definition) is 1. The van der Waals surface area contributed by atoms with Crippen LogP contribution in [0, 0.1) is 0 Å². The number of amides is 1. The van der Waals surface area contributed by atoms with Crippen molar-refractivity contribution in [3.8, 4) is 11.5 Å². The largest absolute Gasteiger partial charge is 0.454 e. The highest BCUT2D eigenvalue weighted by atomic mass is 16.7. The van der Waals surface area contributed by atoms with Crippen LogP contribution in [0.3, 0.4) is 0 Å². The zero-order chi connectivity index (χ0) is 17.8. The Morgan fingerprint density at radius 3 is 3.12 bits per heavy atom. The molecule has 1 aromatic carbocycles. The molecule has 6 nitrogen and oxygen atoms in total. The van der Waals surface area contributed by atoms with Crippen LogP contribution in [-0.4, -0.2) is 28.8 Å². The fraction of sp³-hybridized carbons (Fsp3) is 0.200. The molecule has 6 heteroatoms. The summed E-state index contributed by atoms with van der Waals surface area (Å²) in [4.78, 5) is 16.3. The van der Waals surface area contributed by atoms with E-state index in [1.165, 1.54) is 6.08 Å². The van der Waals surface area contributed by atoms with Crippen LogP contribution >= 0.6 is 0 Å². The molecule has 4 rings (SSSR count). The molecule has 0 spiro atoms. The van der Waals surface area contributed by atoms with Gasteiger partial charge in [-0.05, 0) is 48.4 Å². The summed E-state index contributed by atoms with van der Waals surface area (Å²) in [5.41, 5.74) is 1.87. The van der Waals surface area contributed by atoms with Gasteiger partial charge in [0.05, 0.1) is 0 Å². The third-order valence-electron chi connectivity index (χ3n) is 4.22. The zero-order valence-corrected chi connectivity index (χ0v) is 14.2. The van der Waals surface area contributed by atoms with Crippen molar-refractivity contribution in [2.75, 3.05) is 13.3 Å². The van der Waals surface area contributed by atoms with Crippen molar-refractivity contribution in [2.24, 2.45) is 0 Å². The third-order valence-corrected chi connectivity index (χ3v) is 4.22. The molecular weight excluding hydrogens is 330 g/mol. The van der Waals surface area contributed by atoms with E-state index in [-0.39, 0.29) is 12.7 Å². The minimum Gasteiger partial charge on any atom is -0.454 e. The van der Waals surface area contributed by atoms with Crippen LogP contribution in [-0.2, 0) is 11.3 Å². The Morgan fingerprint density at radius 2 is 2.15 bits per heavy atom. The van der Waals surface area contributed by atoms with E-state index in [1.54, 1.807) is 12.3 Å². The van der Waals surface area contributed by atoms with Gasteiger partial charge in [0.1, 0.15) is 5.65 Å². The monoisotopic (exact) mass is 349 g/mol. The van der Waals surface area contributed by atoms with Crippen molar-refractivity contribution >= 4 is 23.0 Å². The molecule has 1 aliphatic rings. The van der Waals surface area contributed by atoms with E-state index in [4.69, 9.17) is 9.47 Å². The number of hydrogen-bond acceptors (Lipinski definition) is 4. The number of carbonyl (C=O) groups is 1. The summed E-state index contributed by atoms with van der Waals surface area (Å²) >= 11 is 0. The van der Waals surface area contributed by atoms with E-state index in [0.717, 1.165) is 35.3 Å². The number of aryl methyl sites for hydroxylation is 1. The zero-order valence-electron chi connectivity index (χ0n) is 14.2. The fourth-order valence-corrected chi connectivity index (χ4v) is 2.91. The Labute approximate surface area is 151 Å². The number of benzene rings is 1. The molecule has 0 saturated heterocycles. The lowest BCUT2D eigenvalue weighted by Crippen LogP contribution is -2.23. The lowest BCUT2D eigenvalue weighted by molar-refractivity contribution is -0.116. The minimum absolute atomic E-state index is 0.113. The molecule has 3 aromatic rings. The molecular formula is C20H19N3O3. The number of aromatic nitrogens is 2. The average molecular weight is 349 g/mol. The standard InChI is InChI=1S/C20H19N3O3/c24-19(7-5-15-4-6-17-18(13-15)26-14-25-17)21-10-2-11-23-12-8-16-3-1-9-22-20(16)23/h1,3-9,12-13H,2,10-11,14H2,(H,21,24). The molecule has 132 valence electrons. The first kappa shape index (κ1) is 16.2. The van der Waals surface area contributed by atoms with Gasteiger partial charge in [-0.3, -0.25) is 4.79 Å². The summed E-state index contributed by atoms with van der Waals surface area (Å²) in [6.07, 6.45) is 7.95. The Kier molecular flexibility index (Phi) is 4.55. The Balaban J connectivity index is 1.25. The van der Waals surface area contributed by atoms with E-state index in [1.807, 2.05) is 36.5 Å². The molecule has 0 fully saturated rings. The molecule has 1 amide bonds. The Morgan fingerprint density at radius 1 is 1.23 bits per heavy atom. The van der Waals surface area contributed by atoms with E-state index in [0.29, 0.717) is 12.3 Å². The molecule has 0 aliphatic carbocycles. The molecule has 1 N–H and O–H groups in total. The predicted octanol–water partition coefficient (Wildman–Crippen LogP) is 2.98. The summed E-state index contributed by atoms with van der Waals surface area (Å²) in [5.74, 6) is 1.33. The van der Waals surface area contributed by atoms with Gasteiger partial charge in [-0.15, -0.1) is 0 Å². The number of nitrogens with one attached hydrogen (secondary N) is 1. The summed E-state index contributed by atoms with van der Waals surface area (Å²) in [6, 6.07) is 11.6. The molecule has 3 heterocycles. The van der Waals surface area contributed by atoms with Crippen LogP contribution in [0.5, 0.6) is 11.5 Å². The molecule has 0 atom stereocenters. The van der Waals surface area contributed by atoms with Crippen molar-refractivity contribution in [3.05, 3.63) is 60.4 Å². The van der Waals surface area contributed by atoms with Gasteiger partial charge in [0.25, 0.3) is 0 Å². The highest BCUT2D eigenvalue weighted by molar-refractivity contribution is 5.91. The van der Waals surface area contributed by atoms with Crippen molar-refractivity contribution in [2.45, 2.75) is 13.0 Å². The smallest absolute Gasteiger partial charge is 0.244 e. The van der Waals surface area contributed by atoms with Crippen LogP contribution in [0.2, 0.25) is 0 Å². The Hall–Kier alpha value is -3.28. The third kappa shape index (κ3) is 3.54. The van der Waals surface area contributed by atoms with Gasteiger partial charge in [-0.25, -0.2) is 4.98 Å². The maximum atomic E-state index is 12.0. The molecule has 0 unspecified atom stereocenters. The average Bonchev–Trinajstić information content (AvgIpc) is 3.30. The number of carbonyl (C=O) groups excluding carboxylic acids is 1. The molecule has 2 aromatic heterocycles. The van der Waals surface area contributed by atoms with E-state index in [9.17, 15) is 4.79 Å². The quantitative estimate of drug-likeness (QED) is 0.549. The van der Waals surface area contributed by atoms with Crippen molar-refractivity contribution < 1.29 is 14.3 Å². The second-order valence-corrected chi connectivity index (χ2v) is 6.02. The SMILES string of the molecule is O=C(C=Cc1ccc2c(c1)OCO2)NCCCn1ccc2cccnc21. The summed E-state index contributed by atoms with van der Waals surface area (Å²) in [7, 11) is 0. The first-order chi connectivity index (χ1) is 12.8. The molecule has 0 bridgehead atoms. The second kappa shape index (κ2) is 7.31. The van der Waals surface area contributed by atoms with Gasteiger partial charge in [-0.1, -0.05) is 6.07 Å². The van der Waals surface area contributed by atoms with Gasteiger partial charge >= 0.3 is 0 Å². The first-order valence-corrected chi connectivity index (χ1v) is 8.55. The van der Waals surface area contributed by atoms with Crippen LogP contribution < -0.4 is 14.8 Å². The topological polar surface area (TPSA) is 65.4 Å². The number of rotatable bonds is 6. The molecule has 1 aliphatic heterocycles. The minimum atomic E-state index is -0.113. The van der Waals surface area contributed by atoms with Crippen LogP contribution in [0.15, 0.2) is 54.9 Å². The Bertz CT molecular complexity index is 962. The first-order valence-electron chi connectivity index (χ1n) is 8.55. The van der Waals surface area contributed by atoms with Crippen molar-refractivity contribution in [1.29, 1.82) is 0 Å². The van der Waals surface area contributed by atoms with E-state index in [2.05, 4.69) is 20.9 Å². The molecule has 0 radical (unpaired) electrons. The summed E-state index contributed by atoms with van der Waals surface area (Å²) in [5, 5.41) is 4.03.